The molecule has 0 saturated heterocycles. The van der Waals surface area contributed by atoms with Gasteiger partial charge >= 0.3 is 0 Å². The molecule has 0 aromatic heterocycles. The summed E-state index contributed by atoms with van der Waals surface area (Å²) in [6.45, 7) is 1.42. The van der Waals surface area contributed by atoms with E-state index >= 15 is 0 Å². The fourth-order valence-corrected chi connectivity index (χ4v) is 2.92. The molecule has 2 rings (SSSR count). The van der Waals surface area contributed by atoms with Gasteiger partial charge in [0.05, 0.1) is 13.7 Å². The van der Waals surface area contributed by atoms with Crippen molar-refractivity contribution < 1.29 is 13.9 Å². The zero-order valence-electron chi connectivity index (χ0n) is 14.4. The zero-order chi connectivity index (χ0) is 18.2. The Bertz CT molecular complexity index is 707. The van der Waals surface area contributed by atoms with E-state index in [1.165, 1.54) is 12.1 Å². The van der Waals surface area contributed by atoms with E-state index < -0.39 is 0 Å². The molecule has 1 N–H and O–H groups in total. The standard InChI is InChI=1S/C19H22BrFN2O2/c1-23(12-15-11-16(20)5-8-18(15)25-2)13-19(24)22-10-9-14-3-6-17(21)7-4-14/h3-8,11H,9-10,12-13H2,1-2H3,(H,22,24). The van der Waals surface area contributed by atoms with Crippen LogP contribution in [0.2, 0.25) is 0 Å². The van der Waals surface area contributed by atoms with Crippen molar-refractivity contribution in [2.45, 2.75) is 13.0 Å². The maximum Gasteiger partial charge on any atom is 0.234 e. The van der Waals surface area contributed by atoms with Crippen LogP contribution in [0.4, 0.5) is 4.39 Å². The lowest BCUT2D eigenvalue weighted by Crippen LogP contribution is -2.35. The quantitative estimate of drug-likeness (QED) is 0.727. The normalized spacial score (nSPS) is 10.8. The molecule has 0 saturated carbocycles. The number of nitrogens with zero attached hydrogens (tertiary/aromatic N) is 1. The first-order valence-corrected chi connectivity index (χ1v) is 8.79. The molecule has 2 aromatic carbocycles. The van der Waals surface area contributed by atoms with Crippen LogP contribution in [-0.4, -0.2) is 38.1 Å². The van der Waals surface area contributed by atoms with Gasteiger partial charge in [0.1, 0.15) is 11.6 Å². The highest BCUT2D eigenvalue weighted by molar-refractivity contribution is 9.10. The average molecular weight is 409 g/mol. The number of amides is 1. The van der Waals surface area contributed by atoms with Gasteiger partial charge in [-0.3, -0.25) is 9.69 Å². The second-order valence-electron chi connectivity index (χ2n) is 5.85. The third kappa shape index (κ3) is 6.48. The number of carbonyl (C=O) groups is 1. The number of hydrogen-bond donors (Lipinski definition) is 1. The van der Waals surface area contributed by atoms with Crippen molar-refractivity contribution in [1.82, 2.24) is 10.2 Å². The molecule has 0 aliphatic rings. The van der Waals surface area contributed by atoms with Crippen molar-refractivity contribution >= 4 is 21.8 Å². The number of rotatable bonds is 8. The van der Waals surface area contributed by atoms with Gasteiger partial charge in [-0.2, -0.15) is 0 Å². The largest absolute Gasteiger partial charge is 0.496 e. The molecule has 0 atom stereocenters. The lowest BCUT2D eigenvalue weighted by Gasteiger charge is -2.18. The molecule has 25 heavy (non-hydrogen) atoms. The first-order valence-electron chi connectivity index (χ1n) is 8.00. The minimum Gasteiger partial charge on any atom is -0.496 e. The number of halogens is 2. The molecule has 0 aliphatic carbocycles. The van der Waals surface area contributed by atoms with Gasteiger partial charge in [-0.1, -0.05) is 28.1 Å². The summed E-state index contributed by atoms with van der Waals surface area (Å²) in [5.41, 5.74) is 2.01. The van der Waals surface area contributed by atoms with Crippen molar-refractivity contribution in [2.75, 3.05) is 27.2 Å². The van der Waals surface area contributed by atoms with Gasteiger partial charge in [0, 0.05) is 23.1 Å². The van der Waals surface area contributed by atoms with Crippen molar-refractivity contribution in [3.05, 3.63) is 63.9 Å². The smallest absolute Gasteiger partial charge is 0.234 e. The Morgan fingerprint density at radius 3 is 2.64 bits per heavy atom. The predicted octanol–water partition coefficient (Wildman–Crippen LogP) is 3.39. The van der Waals surface area contributed by atoms with Crippen molar-refractivity contribution in [1.29, 1.82) is 0 Å². The SMILES string of the molecule is COc1ccc(Br)cc1CN(C)CC(=O)NCCc1ccc(F)cc1. The Labute approximate surface area is 156 Å². The number of nitrogens with one attached hydrogen (secondary N) is 1. The van der Waals surface area contributed by atoms with E-state index in [-0.39, 0.29) is 11.7 Å². The van der Waals surface area contributed by atoms with Crippen molar-refractivity contribution in [2.24, 2.45) is 0 Å². The third-order valence-corrected chi connectivity index (χ3v) is 4.24. The Hall–Kier alpha value is -1.92. The number of benzene rings is 2. The highest BCUT2D eigenvalue weighted by Gasteiger charge is 2.10. The minimum atomic E-state index is -0.252. The van der Waals surface area contributed by atoms with Gasteiger partial charge in [0.15, 0.2) is 0 Å². The fraction of sp³-hybridized carbons (Fsp3) is 0.316. The van der Waals surface area contributed by atoms with Crippen LogP contribution >= 0.6 is 15.9 Å². The average Bonchev–Trinajstić information content (AvgIpc) is 2.57. The molecule has 6 heteroatoms. The maximum absolute atomic E-state index is 12.9. The summed E-state index contributed by atoms with van der Waals surface area (Å²) in [4.78, 5) is 14.0. The maximum atomic E-state index is 12.9. The first kappa shape index (κ1) is 19.4. The molecule has 1 amide bonds. The van der Waals surface area contributed by atoms with Crippen LogP contribution in [0.15, 0.2) is 46.9 Å². The van der Waals surface area contributed by atoms with Crippen LogP contribution in [0.25, 0.3) is 0 Å². The molecular weight excluding hydrogens is 387 g/mol. The number of methoxy groups -OCH3 is 1. The lowest BCUT2D eigenvalue weighted by molar-refractivity contribution is -0.122. The van der Waals surface area contributed by atoms with Gasteiger partial charge in [-0.05, 0) is 49.4 Å². The van der Waals surface area contributed by atoms with Crippen molar-refractivity contribution in [3.63, 3.8) is 0 Å². The molecule has 0 spiro atoms. The van der Waals surface area contributed by atoms with Crippen LogP contribution < -0.4 is 10.1 Å². The fourth-order valence-electron chi connectivity index (χ4n) is 2.52. The number of hydrogen-bond acceptors (Lipinski definition) is 3. The summed E-state index contributed by atoms with van der Waals surface area (Å²) < 4.78 is 19.2. The summed E-state index contributed by atoms with van der Waals surface area (Å²) in [5, 5.41) is 2.89. The Morgan fingerprint density at radius 2 is 1.96 bits per heavy atom. The van der Waals surface area contributed by atoms with E-state index in [2.05, 4.69) is 21.2 Å². The van der Waals surface area contributed by atoms with E-state index in [9.17, 15) is 9.18 Å². The summed E-state index contributed by atoms with van der Waals surface area (Å²) in [6, 6.07) is 12.1. The van der Waals surface area contributed by atoms with Gasteiger partial charge in [0.2, 0.25) is 5.91 Å². The summed E-state index contributed by atoms with van der Waals surface area (Å²) in [7, 11) is 3.52. The van der Waals surface area contributed by atoms with Crippen LogP contribution in [0, 0.1) is 5.82 Å². The monoisotopic (exact) mass is 408 g/mol. The highest BCUT2D eigenvalue weighted by atomic mass is 79.9. The molecule has 134 valence electrons. The highest BCUT2D eigenvalue weighted by Crippen LogP contribution is 2.23. The molecule has 0 fully saturated rings. The first-order chi connectivity index (χ1) is 12.0. The third-order valence-electron chi connectivity index (χ3n) is 3.75. The predicted molar refractivity (Wildman–Crippen MR) is 100 cm³/mol. The Kier molecular flexibility index (Phi) is 7.40. The molecule has 0 aliphatic heterocycles. The van der Waals surface area contributed by atoms with E-state index in [0.29, 0.717) is 26.1 Å². The summed E-state index contributed by atoms with van der Waals surface area (Å²) >= 11 is 3.45. The van der Waals surface area contributed by atoms with Crippen LogP contribution in [0.3, 0.4) is 0 Å². The topological polar surface area (TPSA) is 41.6 Å². The number of ether oxygens (including phenoxy) is 1. The van der Waals surface area contributed by atoms with Gasteiger partial charge in [-0.25, -0.2) is 4.39 Å². The molecule has 0 bridgehead atoms. The second kappa shape index (κ2) is 9.53. The minimum absolute atomic E-state index is 0.0430. The van der Waals surface area contributed by atoms with E-state index in [4.69, 9.17) is 4.74 Å². The zero-order valence-corrected chi connectivity index (χ0v) is 16.0. The van der Waals surface area contributed by atoms with E-state index in [1.807, 2.05) is 30.1 Å². The van der Waals surface area contributed by atoms with Gasteiger partial charge in [0.25, 0.3) is 0 Å². The molecule has 0 radical (unpaired) electrons. The van der Waals surface area contributed by atoms with Crippen molar-refractivity contribution in [3.8, 4) is 5.75 Å². The Morgan fingerprint density at radius 1 is 1.24 bits per heavy atom. The van der Waals surface area contributed by atoms with E-state index in [0.717, 1.165) is 21.3 Å². The van der Waals surface area contributed by atoms with Gasteiger partial charge in [-0.15, -0.1) is 0 Å². The molecule has 2 aromatic rings. The number of carbonyl (C=O) groups excluding carboxylic acids is 1. The molecule has 4 nitrogen and oxygen atoms in total. The lowest BCUT2D eigenvalue weighted by atomic mass is 10.1. The molecule has 0 unspecified atom stereocenters. The van der Waals surface area contributed by atoms with E-state index in [1.54, 1.807) is 19.2 Å². The van der Waals surface area contributed by atoms with Crippen LogP contribution in [0.5, 0.6) is 5.75 Å². The van der Waals surface area contributed by atoms with Crippen LogP contribution in [0.1, 0.15) is 11.1 Å². The second-order valence-corrected chi connectivity index (χ2v) is 6.77. The van der Waals surface area contributed by atoms with Gasteiger partial charge < -0.3 is 10.1 Å². The van der Waals surface area contributed by atoms with Crippen LogP contribution in [-0.2, 0) is 17.8 Å². The Balaban J connectivity index is 1.78. The molecule has 0 heterocycles. The summed E-state index contributed by atoms with van der Waals surface area (Å²) in [6.07, 6.45) is 0.676. The number of likely N-dealkylation sites (N-methyl/N-ethyl adjacent to an activating group) is 1. The molecular formula is C19H22BrFN2O2. The summed E-state index contributed by atoms with van der Waals surface area (Å²) in [5.74, 6) is 0.503.